The molecule has 1 aromatic heterocycles. The first kappa shape index (κ1) is 19.6. The van der Waals surface area contributed by atoms with Gasteiger partial charge in [0.25, 0.3) is 0 Å². The summed E-state index contributed by atoms with van der Waals surface area (Å²) in [7, 11) is -3.88. The second-order valence-electron chi connectivity index (χ2n) is 7.45. The summed E-state index contributed by atoms with van der Waals surface area (Å²) >= 11 is 0. The highest BCUT2D eigenvalue weighted by Crippen LogP contribution is 2.37. The summed E-state index contributed by atoms with van der Waals surface area (Å²) in [6, 6.07) is 9.66. The van der Waals surface area contributed by atoms with Gasteiger partial charge in [-0.3, -0.25) is 4.79 Å². The molecule has 0 fully saturated rings. The van der Waals surface area contributed by atoms with Crippen molar-refractivity contribution in [2.45, 2.75) is 35.6 Å². The third-order valence-corrected chi connectivity index (χ3v) is 7.01. The highest BCUT2D eigenvalue weighted by atomic mass is 32.2. The number of amides is 1. The van der Waals surface area contributed by atoms with E-state index in [1.54, 1.807) is 6.07 Å². The van der Waals surface area contributed by atoms with Crippen LogP contribution in [0.4, 0.5) is 4.39 Å². The molecule has 0 saturated carbocycles. The molecule has 1 aliphatic rings. The molecule has 2 N–H and O–H groups in total. The molecule has 3 aromatic rings. The number of rotatable bonds is 4. The van der Waals surface area contributed by atoms with Gasteiger partial charge in [-0.2, -0.15) is 0 Å². The zero-order valence-electron chi connectivity index (χ0n) is 16.1. The molecule has 1 amide bonds. The molecular formula is C21H21FN2O4S. The average molecular weight is 416 g/mol. The summed E-state index contributed by atoms with van der Waals surface area (Å²) in [5.41, 5.74) is 0.853. The minimum atomic E-state index is -3.88. The molecule has 2 heterocycles. The molecule has 152 valence electrons. The number of carbonyl (C=O) groups is 1. The van der Waals surface area contributed by atoms with Crippen molar-refractivity contribution < 1.29 is 22.0 Å². The van der Waals surface area contributed by atoms with Crippen LogP contribution in [0.5, 0.6) is 0 Å². The molecule has 0 spiro atoms. The minimum Gasteiger partial charge on any atom is -0.459 e. The standard InChI is InChI=1S/C21H21FN2O4S/c1-13(25)23-12-21(2)20-18(8-9-24-21)17-7-6-16(11-19(17)28-20)29(26,27)15-5-3-4-14(22)10-15/h3-7,10-11,24H,8-9,12H2,1-2H3,(H,23,25). The number of halogens is 1. The Morgan fingerprint density at radius 1 is 1.24 bits per heavy atom. The first-order chi connectivity index (χ1) is 13.7. The van der Waals surface area contributed by atoms with Crippen molar-refractivity contribution in [3.05, 3.63) is 59.6 Å². The van der Waals surface area contributed by atoms with E-state index in [4.69, 9.17) is 4.42 Å². The van der Waals surface area contributed by atoms with Gasteiger partial charge in [0.05, 0.1) is 15.3 Å². The normalized spacial score (nSPS) is 19.1. The summed E-state index contributed by atoms with van der Waals surface area (Å²) in [6.07, 6.45) is 0.730. The van der Waals surface area contributed by atoms with Crippen molar-refractivity contribution in [1.82, 2.24) is 10.6 Å². The predicted octanol–water partition coefficient (Wildman–Crippen LogP) is 2.90. The number of nitrogens with one attached hydrogen (secondary N) is 2. The summed E-state index contributed by atoms with van der Waals surface area (Å²) in [4.78, 5) is 11.3. The van der Waals surface area contributed by atoms with Gasteiger partial charge in [-0.25, -0.2) is 12.8 Å². The van der Waals surface area contributed by atoms with Gasteiger partial charge < -0.3 is 15.1 Å². The lowest BCUT2D eigenvalue weighted by atomic mass is 9.89. The fourth-order valence-electron chi connectivity index (χ4n) is 3.75. The summed E-state index contributed by atoms with van der Waals surface area (Å²) in [5.74, 6) is -0.0621. The molecule has 8 heteroatoms. The Labute approximate surface area is 168 Å². The van der Waals surface area contributed by atoms with E-state index in [0.29, 0.717) is 24.4 Å². The summed E-state index contributed by atoms with van der Waals surface area (Å²) in [5, 5.41) is 7.03. The lowest BCUT2D eigenvalue weighted by Crippen LogP contribution is -2.51. The molecule has 0 aliphatic carbocycles. The molecular weight excluding hydrogens is 395 g/mol. The predicted molar refractivity (Wildman–Crippen MR) is 106 cm³/mol. The maximum Gasteiger partial charge on any atom is 0.216 e. The van der Waals surface area contributed by atoms with Crippen LogP contribution in [0.15, 0.2) is 56.7 Å². The van der Waals surface area contributed by atoms with E-state index in [0.717, 1.165) is 23.4 Å². The second kappa shape index (κ2) is 6.96. The fraction of sp³-hybridized carbons (Fsp3) is 0.286. The van der Waals surface area contributed by atoms with Gasteiger partial charge in [-0.05, 0) is 43.7 Å². The lowest BCUT2D eigenvalue weighted by molar-refractivity contribution is -0.119. The van der Waals surface area contributed by atoms with E-state index in [1.807, 2.05) is 6.92 Å². The maximum absolute atomic E-state index is 13.5. The number of carbonyl (C=O) groups excluding carboxylic acids is 1. The summed E-state index contributed by atoms with van der Waals surface area (Å²) in [6.45, 7) is 4.45. The molecule has 1 unspecified atom stereocenters. The van der Waals surface area contributed by atoms with Gasteiger partial charge in [0, 0.05) is 37.0 Å². The van der Waals surface area contributed by atoms with Crippen LogP contribution in [0.2, 0.25) is 0 Å². The van der Waals surface area contributed by atoms with Gasteiger partial charge in [-0.1, -0.05) is 6.07 Å². The van der Waals surface area contributed by atoms with Crippen LogP contribution in [0.3, 0.4) is 0 Å². The Morgan fingerprint density at radius 2 is 2.00 bits per heavy atom. The monoisotopic (exact) mass is 416 g/mol. The van der Waals surface area contributed by atoms with E-state index in [1.165, 1.54) is 37.3 Å². The van der Waals surface area contributed by atoms with Gasteiger partial charge in [0.2, 0.25) is 15.7 Å². The van der Waals surface area contributed by atoms with Crippen molar-refractivity contribution in [3.8, 4) is 0 Å². The number of benzene rings is 2. The van der Waals surface area contributed by atoms with Crippen LogP contribution in [0.25, 0.3) is 11.0 Å². The molecule has 6 nitrogen and oxygen atoms in total. The quantitative estimate of drug-likeness (QED) is 0.683. The number of furan rings is 1. The van der Waals surface area contributed by atoms with Gasteiger partial charge in [-0.15, -0.1) is 0 Å². The van der Waals surface area contributed by atoms with Crippen LogP contribution >= 0.6 is 0 Å². The SMILES string of the molecule is CC(=O)NCC1(C)NCCc2c1oc1cc(S(=O)(=O)c3cccc(F)c3)ccc21. The number of fused-ring (bicyclic) bond motifs is 3. The van der Waals surface area contributed by atoms with Crippen LogP contribution in [0, 0.1) is 5.82 Å². The Bertz CT molecular complexity index is 1220. The minimum absolute atomic E-state index is 0.0400. The summed E-state index contributed by atoms with van der Waals surface area (Å²) < 4.78 is 45.4. The fourth-order valence-corrected chi connectivity index (χ4v) is 5.06. The van der Waals surface area contributed by atoms with E-state index >= 15 is 0 Å². The number of sulfone groups is 1. The molecule has 4 rings (SSSR count). The Morgan fingerprint density at radius 3 is 2.72 bits per heavy atom. The van der Waals surface area contributed by atoms with Crippen LogP contribution in [-0.2, 0) is 26.6 Å². The highest BCUT2D eigenvalue weighted by molar-refractivity contribution is 7.91. The first-order valence-corrected chi connectivity index (χ1v) is 10.7. The molecule has 0 saturated heterocycles. The average Bonchev–Trinajstić information content (AvgIpc) is 3.06. The Kier molecular flexibility index (Phi) is 4.71. The zero-order chi connectivity index (χ0) is 20.8. The van der Waals surface area contributed by atoms with Crippen LogP contribution in [0.1, 0.15) is 25.2 Å². The van der Waals surface area contributed by atoms with E-state index in [-0.39, 0.29) is 15.7 Å². The number of hydrogen-bond acceptors (Lipinski definition) is 5. The topological polar surface area (TPSA) is 88.4 Å². The van der Waals surface area contributed by atoms with E-state index in [2.05, 4.69) is 10.6 Å². The van der Waals surface area contributed by atoms with Crippen LogP contribution in [-0.4, -0.2) is 27.4 Å². The molecule has 1 aliphatic heterocycles. The largest absolute Gasteiger partial charge is 0.459 e. The molecule has 29 heavy (non-hydrogen) atoms. The van der Waals surface area contributed by atoms with Gasteiger partial charge in [0.1, 0.15) is 17.2 Å². The molecule has 2 aromatic carbocycles. The molecule has 1 atom stereocenters. The lowest BCUT2D eigenvalue weighted by Gasteiger charge is -2.33. The molecule has 0 bridgehead atoms. The second-order valence-corrected chi connectivity index (χ2v) is 9.40. The Hall–Kier alpha value is -2.71. The third kappa shape index (κ3) is 3.42. The van der Waals surface area contributed by atoms with Crippen LogP contribution < -0.4 is 10.6 Å². The van der Waals surface area contributed by atoms with E-state index in [9.17, 15) is 17.6 Å². The van der Waals surface area contributed by atoms with Crippen molar-refractivity contribution >= 4 is 26.7 Å². The zero-order valence-corrected chi connectivity index (χ0v) is 16.9. The van der Waals surface area contributed by atoms with Crippen molar-refractivity contribution in [3.63, 3.8) is 0 Å². The van der Waals surface area contributed by atoms with Crippen molar-refractivity contribution in [1.29, 1.82) is 0 Å². The molecule has 0 radical (unpaired) electrons. The Balaban J connectivity index is 1.79. The maximum atomic E-state index is 13.5. The van der Waals surface area contributed by atoms with Crippen molar-refractivity contribution in [2.75, 3.05) is 13.1 Å². The van der Waals surface area contributed by atoms with Gasteiger partial charge in [0.15, 0.2) is 0 Å². The van der Waals surface area contributed by atoms with E-state index < -0.39 is 21.2 Å². The van der Waals surface area contributed by atoms with Crippen molar-refractivity contribution in [2.24, 2.45) is 0 Å². The third-order valence-electron chi connectivity index (χ3n) is 5.26. The van der Waals surface area contributed by atoms with Gasteiger partial charge >= 0.3 is 0 Å². The number of hydrogen-bond donors (Lipinski definition) is 2. The smallest absolute Gasteiger partial charge is 0.216 e. The first-order valence-electron chi connectivity index (χ1n) is 9.27. The highest BCUT2D eigenvalue weighted by Gasteiger charge is 2.37.